The minimum absolute atomic E-state index is 0.197. The van der Waals surface area contributed by atoms with Crippen molar-refractivity contribution in [2.45, 2.75) is 12.2 Å². The van der Waals surface area contributed by atoms with E-state index in [2.05, 4.69) is 0 Å². The van der Waals surface area contributed by atoms with Gasteiger partial charge in [-0.3, -0.25) is 9.59 Å². The van der Waals surface area contributed by atoms with Crippen molar-refractivity contribution in [3.8, 4) is 23.0 Å². The summed E-state index contributed by atoms with van der Waals surface area (Å²) in [5.74, 6) is 0.663. The molecule has 2 heterocycles. The molecule has 142 valence electrons. The summed E-state index contributed by atoms with van der Waals surface area (Å²) < 4.78 is 27.5. The van der Waals surface area contributed by atoms with Gasteiger partial charge in [-0.2, -0.15) is 0 Å². The first kappa shape index (κ1) is 16.7. The number of ketones is 2. The molecular formula is C21H16O7. The largest absolute Gasteiger partial charge is 0.497 e. The molecular weight excluding hydrogens is 364 g/mol. The lowest BCUT2D eigenvalue weighted by Crippen LogP contribution is -2.23. The summed E-state index contributed by atoms with van der Waals surface area (Å²) in [6.45, 7) is 0. The Bertz CT molecular complexity index is 1080. The van der Waals surface area contributed by atoms with Gasteiger partial charge in [0, 0.05) is 17.2 Å². The van der Waals surface area contributed by atoms with Gasteiger partial charge >= 0.3 is 0 Å². The molecule has 0 saturated heterocycles. The van der Waals surface area contributed by atoms with E-state index in [0.29, 0.717) is 22.8 Å². The lowest BCUT2D eigenvalue weighted by atomic mass is 9.80. The maximum absolute atomic E-state index is 13.5. The van der Waals surface area contributed by atoms with Crippen molar-refractivity contribution in [3.63, 3.8) is 0 Å². The summed E-state index contributed by atoms with van der Waals surface area (Å²) in [5, 5.41) is 0. The van der Waals surface area contributed by atoms with Crippen molar-refractivity contribution in [2.75, 3.05) is 21.3 Å². The number of ether oxygens (including phenoxy) is 5. The number of methoxy groups -OCH3 is 3. The summed E-state index contributed by atoms with van der Waals surface area (Å²) in [6.07, 6.45) is 2.89. The predicted octanol–water partition coefficient (Wildman–Crippen LogP) is 2.83. The summed E-state index contributed by atoms with van der Waals surface area (Å²) >= 11 is 0. The van der Waals surface area contributed by atoms with Gasteiger partial charge in [-0.25, -0.2) is 0 Å². The van der Waals surface area contributed by atoms with Crippen LogP contribution in [-0.4, -0.2) is 39.2 Å². The molecule has 0 radical (unpaired) electrons. The van der Waals surface area contributed by atoms with Gasteiger partial charge in [-0.05, 0) is 18.2 Å². The van der Waals surface area contributed by atoms with Gasteiger partial charge < -0.3 is 23.7 Å². The number of carbonyl (C=O) groups is 2. The van der Waals surface area contributed by atoms with E-state index in [-0.39, 0.29) is 45.5 Å². The molecule has 28 heavy (non-hydrogen) atoms. The Labute approximate surface area is 160 Å². The zero-order chi connectivity index (χ0) is 19.6. The Kier molecular flexibility index (Phi) is 3.43. The molecule has 2 aromatic carbocycles. The van der Waals surface area contributed by atoms with E-state index in [0.717, 1.165) is 0 Å². The Morgan fingerprint density at radius 2 is 1.68 bits per heavy atom. The van der Waals surface area contributed by atoms with Crippen LogP contribution in [0.3, 0.4) is 0 Å². The molecule has 2 atom stereocenters. The van der Waals surface area contributed by atoms with Gasteiger partial charge in [0.15, 0.2) is 5.78 Å². The molecule has 2 aliphatic heterocycles. The van der Waals surface area contributed by atoms with Crippen molar-refractivity contribution in [1.82, 2.24) is 0 Å². The number of hydrogen-bond acceptors (Lipinski definition) is 7. The average Bonchev–Trinajstić information content (AvgIpc) is 3.30. The third kappa shape index (κ3) is 1.98. The van der Waals surface area contributed by atoms with Gasteiger partial charge in [0.25, 0.3) is 6.29 Å². The van der Waals surface area contributed by atoms with Gasteiger partial charge in [-0.1, -0.05) is 0 Å². The van der Waals surface area contributed by atoms with Crippen LogP contribution in [-0.2, 0) is 4.74 Å². The number of benzene rings is 2. The van der Waals surface area contributed by atoms with Crippen molar-refractivity contribution < 1.29 is 33.3 Å². The monoisotopic (exact) mass is 380 g/mol. The van der Waals surface area contributed by atoms with Crippen LogP contribution in [0.1, 0.15) is 43.3 Å². The standard InChI is InChI=1S/C21H16O7/c1-24-9-6-11-15(13(7-9)25-2)19(23)17-12(18(11)22)8-14-16(20(17)26-3)10-4-5-27-21(10)28-14/h4-8,10,21H,1-3H3. The first-order chi connectivity index (χ1) is 13.6. The Morgan fingerprint density at radius 3 is 2.39 bits per heavy atom. The Morgan fingerprint density at radius 1 is 0.893 bits per heavy atom. The first-order valence-corrected chi connectivity index (χ1v) is 8.68. The maximum Gasteiger partial charge on any atom is 0.250 e. The molecule has 0 fully saturated rings. The Hall–Kier alpha value is -3.48. The molecule has 2 unspecified atom stereocenters. The lowest BCUT2D eigenvalue weighted by Gasteiger charge is -2.23. The molecule has 0 N–H and O–H groups in total. The molecule has 3 aliphatic rings. The number of rotatable bonds is 3. The predicted molar refractivity (Wildman–Crippen MR) is 96.8 cm³/mol. The highest BCUT2D eigenvalue weighted by Gasteiger charge is 2.45. The van der Waals surface area contributed by atoms with Crippen molar-refractivity contribution >= 4 is 11.6 Å². The highest BCUT2D eigenvalue weighted by atomic mass is 16.7. The van der Waals surface area contributed by atoms with E-state index in [1.54, 1.807) is 24.5 Å². The summed E-state index contributed by atoms with van der Waals surface area (Å²) in [7, 11) is 4.41. The molecule has 7 heteroatoms. The smallest absolute Gasteiger partial charge is 0.250 e. The minimum atomic E-state index is -0.519. The second-order valence-electron chi connectivity index (χ2n) is 6.63. The molecule has 0 bridgehead atoms. The van der Waals surface area contributed by atoms with Crippen LogP contribution in [0, 0.1) is 0 Å². The van der Waals surface area contributed by atoms with E-state index < -0.39 is 6.29 Å². The number of fused-ring (bicyclic) bond motifs is 5. The van der Waals surface area contributed by atoms with Crippen LogP contribution >= 0.6 is 0 Å². The molecule has 0 aromatic heterocycles. The van der Waals surface area contributed by atoms with Gasteiger partial charge in [-0.15, -0.1) is 0 Å². The van der Waals surface area contributed by atoms with Crippen LogP contribution in [0.5, 0.6) is 23.0 Å². The summed E-state index contributed by atoms with van der Waals surface area (Å²) in [5.41, 5.74) is 1.58. The van der Waals surface area contributed by atoms with E-state index >= 15 is 0 Å². The summed E-state index contributed by atoms with van der Waals surface area (Å²) in [4.78, 5) is 26.7. The van der Waals surface area contributed by atoms with E-state index in [9.17, 15) is 9.59 Å². The fourth-order valence-corrected chi connectivity index (χ4v) is 4.07. The van der Waals surface area contributed by atoms with Gasteiger partial charge in [0.2, 0.25) is 5.78 Å². The number of carbonyl (C=O) groups excluding carboxylic acids is 2. The van der Waals surface area contributed by atoms with Crippen molar-refractivity contribution in [1.29, 1.82) is 0 Å². The molecule has 2 aromatic rings. The van der Waals surface area contributed by atoms with E-state index in [1.807, 2.05) is 6.08 Å². The van der Waals surface area contributed by atoms with Crippen molar-refractivity contribution in [2.24, 2.45) is 0 Å². The van der Waals surface area contributed by atoms with Crippen LogP contribution in [0.25, 0.3) is 0 Å². The third-order valence-electron chi connectivity index (χ3n) is 5.33. The molecule has 0 amide bonds. The number of hydrogen-bond donors (Lipinski definition) is 0. The van der Waals surface area contributed by atoms with Gasteiger partial charge in [0.05, 0.1) is 50.2 Å². The second kappa shape index (κ2) is 5.76. The zero-order valence-electron chi connectivity index (χ0n) is 15.4. The quantitative estimate of drug-likeness (QED) is 0.691. The van der Waals surface area contributed by atoms with Crippen LogP contribution < -0.4 is 18.9 Å². The molecule has 0 saturated carbocycles. The first-order valence-electron chi connectivity index (χ1n) is 8.68. The minimum Gasteiger partial charge on any atom is -0.497 e. The summed E-state index contributed by atoms with van der Waals surface area (Å²) in [6, 6.07) is 4.72. The van der Waals surface area contributed by atoms with Crippen LogP contribution in [0.4, 0.5) is 0 Å². The fourth-order valence-electron chi connectivity index (χ4n) is 4.07. The normalized spacial score (nSPS) is 20.5. The molecule has 5 rings (SSSR count). The molecule has 1 aliphatic carbocycles. The lowest BCUT2D eigenvalue weighted by molar-refractivity contribution is -0.00487. The zero-order valence-corrected chi connectivity index (χ0v) is 15.4. The van der Waals surface area contributed by atoms with Crippen LogP contribution in [0.2, 0.25) is 0 Å². The van der Waals surface area contributed by atoms with E-state index in [1.165, 1.54) is 21.3 Å². The van der Waals surface area contributed by atoms with Gasteiger partial charge in [0.1, 0.15) is 23.0 Å². The van der Waals surface area contributed by atoms with Crippen LogP contribution in [0.15, 0.2) is 30.5 Å². The maximum atomic E-state index is 13.5. The highest BCUT2D eigenvalue weighted by Crippen LogP contribution is 2.52. The van der Waals surface area contributed by atoms with Crippen molar-refractivity contribution in [3.05, 3.63) is 58.4 Å². The fraction of sp³-hybridized carbons (Fsp3) is 0.238. The highest BCUT2D eigenvalue weighted by molar-refractivity contribution is 6.30. The SMILES string of the molecule is COc1cc(OC)c2c(c1)C(=O)c1cc3c(c(OC)c1C2=O)C1C=COC1O3. The molecule has 7 nitrogen and oxygen atoms in total. The Balaban J connectivity index is 1.79. The third-order valence-corrected chi connectivity index (χ3v) is 5.33. The molecule has 0 spiro atoms. The topological polar surface area (TPSA) is 80.3 Å². The second-order valence-corrected chi connectivity index (χ2v) is 6.63. The average molecular weight is 380 g/mol. The van der Waals surface area contributed by atoms with E-state index in [4.69, 9.17) is 23.7 Å².